The van der Waals surface area contributed by atoms with Crippen LogP contribution >= 0.6 is 12.2 Å². The first-order valence-electron chi connectivity index (χ1n) is 4.91. The van der Waals surface area contributed by atoms with Gasteiger partial charge < -0.3 is 4.74 Å². The fourth-order valence-corrected chi connectivity index (χ4v) is 3.09. The van der Waals surface area contributed by atoms with Crippen molar-refractivity contribution in [3.8, 4) is 0 Å². The van der Waals surface area contributed by atoms with Gasteiger partial charge in [0, 0.05) is 0 Å². The van der Waals surface area contributed by atoms with Gasteiger partial charge in [-0.3, -0.25) is 4.79 Å². The van der Waals surface area contributed by atoms with Gasteiger partial charge in [0.1, 0.15) is 0 Å². The Hall–Kier alpha value is -0.730. The van der Waals surface area contributed by atoms with Crippen molar-refractivity contribution in [1.29, 1.82) is 0 Å². The Labute approximate surface area is 88.5 Å². The first kappa shape index (κ1) is 9.81. The minimum Gasteiger partial charge on any atom is -0.469 e. The molecule has 0 spiro atoms. The summed E-state index contributed by atoms with van der Waals surface area (Å²) >= 11 is 4.60. The van der Waals surface area contributed by atoms with Gasteiger partial charge in [-0.05, 0) is 43.3 Å². The van der Waals surface area contributed by atoms with Crippen molar-refractivity contribution >= 4 is 23.3 Å². The fourth-order valence-electron chi connectivity index (χ4n) is 2.95. The number of aliphatic imine (C=N–C) groups is 1. The van der Waals surface area contributed by atoms with Gasteiger partial charge in [0.2, 0.25) is 0 Å². The Bertz CT molecular complexity index is 298. The number of carbonyl (C=O) groups is 1. The van der Waals surface area contributed by atoms with Crippen LogP contribution in [0.4, 0.5) is 0 Å². The first-order valence-corrected chi connectivity index (χ1v) is 5.32. The van der Waals surface area contributed by atoms with Crippen molar-refractivity contribution in [2.24, 2.45) is 22.7 Å². The van der Waals surface area contributed by atoms with E-state index in [1.807, 2.05) is 0 Å². The van der Waals surface area contributed by atoms with Crippen molar-refractivity contribution < 1.29 is 9.53 Å². The summed E-state index contributed by atoms with van der Waals surface area (Å²) in [5.74, 6) is 0.960. The largest absolute Gasteiger partial charge is 0.469 e. The maximum atomic E-state index is 11.4. The molecular formula is C10H13NO2S. The zero-order chi connectivity index (χ0) is 10.1. The quantitative estimate of drug-likeness (QED) is 0.396. The third-order valence-electron chi connectivity index (χ3n) is 3.50. The summed E-state index contributed by atoms with van der Waals surface area (Å²) < 4.78 is 4.79. The summed E-state index contributed by atoms with van der Waals surface area (Å²) in [7, 11) is 1.45. The Balaban J connectivity index is 2.11. The van der Waals surface area contributed by atoms with Crippen LogP contribution in [-0.2, 0) is 9.53 Å². The zero-order valence-electron chi connectivity index (χ0n) is 8.10. The maximum absolute atomic E-state index is 11.4. The van der Waals surface area contributed by atoms with Gasteiger partial charge in [-0.15, -0.1) is 0 Å². The van der Waals surface area contributed by atoms with Gasteiger partial charge in [0.25, 0.3) is 0 Å². The second-order valence-electron chi connectivity index (χ2n) is 4.15. The Morgan fingerprint density at radius 2 is 2.29 bits per heavy atom. The minimum absolute atomic E-state index is 0.0517. The van der Waals surface area contributed by atoms with E-state index in [0.717, 1.165) is 19.3 Å². The van der Waals surface area contributed by atoms with Gasteiger partial charge in [-0.1, -0.05) is 0 Å². The molecule has 4 atom stereocenters. The summed E-state index contributed by atoms with van der Waals surface area (Å²) in [6.07, 6.45) is 3.15. The highest BCUT2D eigenvalue weighted by Gasteiger charge is 2.49. The number of carbonyl (C=O) groups excluding carboxylic acids is 1. The van der Waals surface area contributed by atoms with Gasteiger partial charge >= 0.3 is 5.97 Å². The highest BCUT2D eigenvalue weighted by Crippen LogP contribution is 2.49. The van der Waals surface area contributed by atoms with E-state index in [-0.39, 0.29) is 17.9 Å². The number of hydrogen-bond donors (Lipinski definition) is 0. The van der Waals surface area contributed by atoms with Crippen LogP contribution in [-0.4, -0.2) is 24.3 Å². The Morgan fingerprint density at radius 3 is 2.86 bits per heavy atom. The molecule has 14 heavy (non-hydrogen) atoms. The summed E-state index contributed by atoms with van der Waals surface area (Å²) in [4.78, 5) is 15.6. The molecule has 4 unspecified atom stereocenters. The number of isothiocyanates is 1. The van der Waals surface area contributed by atoms with Crippen LogP contribution in [0, 0.1) is 17.8 Å². The second-order valence-corrected chi connectivity index (χ2v) is 4.34. The number of ether oxygens (including phenoxy) is 1. The summed E-state index contributed by atoms with van der Waals surface area (Å²) in [5.41, 5.74) is 0. The zero-order valence-corrected chi connectivity index (χ0v) is 8.92. The second kappa shape index (κ2) is 3.79. The van der Waals surface area contributed by atoms with Crippen LogP contribution in [0.1, 0.15) is 19.3 Å². The topological polar surface area (TPSA) is 38.7 Å². The molecule has 2 aliphatic rings. The number of hydrogen-bond acceptors (Lipinski definition) is 4. The molecule has 0 amide bonds. The van der Waals surface area contributed by atoms with E-state index in [1.54, 1.807) is 0 Å². The number of methoxy groups -OCH3 is 1. The molecule has 2 saturated carbocycles. The molecule has 2 fully saturated rings. The van der Waals surface area contributed by atoms with Crippen LogP contribution in [0.2, 0.25) is 0 Å². The van der Waals surface area contributed by atoms with Gasteiger partial charge in [-0.2, -0.15) is 0 Å². The lowest BCUT2D eigenvalue weighted by atomic mass is 9.85. The van der Waals surface area contributed by atoms with E-state index < -0.39 is 0 Å². The smallest absolute Gasteiger partial charge is 0.309 e. The van der Waals surface area contributed by atoms with E-state index in [0.29, 0.717) is 11.8 Å². The average molecular weight is 211 g/mol. The third kappa shape index (κ3) is 1.49. The molecule has 0 aromatic heterocycles. The lowest BCUT2D eigenvalue weighted by Crippen LogP contribution is -2.29. The number of nitrogens with zero attached hydrogens (tertiary/aromatic N) is 1. The average Bonchev–Trinajstić information content (AvgIpc) is 2.76. The molecule has 4 heteroatoms. The molecule has 3 nitrogen and oxygen atoms in total. The summed E-state index contributed by atoms with van der Waals surface area (Å²) in [5, 5.41) is 2.43. The highest BCUT2D eigenvalue weighted by molar-refractivity contribution is 7.78. The number of thiocarbonyl (C=S) groups is 1. The minimum atomic E-state index is -0.0817. The molecule has 2 rings (SSSR count). The van der Waals surface area contributed by atoms with E-state index in [4.69, 9.17) is 4.74 Å². The van der Waals surface area contributed by atoms with Crippen LogP contribution in [0.3, 0.4) is 0 Å². The number of fused-ring (bicyclic) bond motifs is 2. The lowest BCUT2D eigenvalue weighted by molar-refractivity contribution is -0.147. The van der Waals surface area contributed by atoms with Gasteiger partial charge in [0.05, 0.1) is 24.2 Å². The number of rotatable bonds is 2. The summed E-state index contributed by atoms with van der Waals surface area (Å²) in [6, 6.07) is 0.218. The van der Waals surface area contributed by atoms with Crippen molar-refractivity contribution in [1.82, 2.24) is 0 Å². The van der Waals surface area contributed by atoms with Crippen LogP contribution in [0.5, 0.6) is 0 Å². The van der Waals surface area contributed by atoms with Crippen molar-refractivity contribution in [2.75, 3.05) is 7.11 Å². The van der Waals surface area contributed by atoms with Crippen LogP contribution < -0.4 is 0 Å². The van der Waals surface area contributed by atoms with E-state index in [2.05, 4.69) is 22.4 Å². The molecule has 0 aromatic rings. The van der Waals surface area contributed by atoms with Crippen molar-refractivity contribution in [3.63, 3.8) is 0 Å². The Kier molecular flexibility index (Phi) is 2.66. The van der Waals surface area contributed by atoms with E-state index >= 15 is 0 Å². The number of esters is 1. The molecule has 2 bridgehead atoms. The van der Waals surface area contributed by atoms with Gasteiger partial charge in [-0.25, -0.2) is 4.99 Å². The molecule has 76 valence electrons. The standard InChI is InChI=1S/C10H13NO2S/c1-13-10(12)8-3-6-2-7(8)9(4-6)11-5-14/h6-9H,2-4H2,1H3. The molecule has 0 N–H and O–H groups in total. The third-order valence-corrected chi connectivity index (χ3v) is 3.61. The predicted molar refractivity (Wildman–Crippen MR) is 55.2 cm³/mol. The Morgan fingerprint density at radius 1 is 1.50 bits per heavy atom. The maximum Gasteiger partial charge on any atom is 0.309 e. The molecule has 0 aromatic carbocycles. The van der Waals surface area contributed by atoms with Crippen molar-refractivity contribution in [2.45, 2.75) is 25.3 Å². The van der Waals surface area contributed by atoms with Gasteiger partial charge in [0.15, 0.2) is 0 Å². The molecule has 0 radical (unpaired) electrons. The predicted octanol–water partition coefficient (Wildman–Crippen LogP) is 1.68. The molecule has 0 aliphatic heterocycles. The molecule has 0 heterocycles. The SMILES string of the molecule is COC(=O)C1CC2CC(N=C=S)C1C2. The fraction of sp³-hybridized carbons (Fsp3) is 0.800. The highest BCUT2D eigenvalue weighted by atomic mass is 32.1. The molecular weight excluding hydrogens is 198 g/mol. The van der Waals surface area contributed by atoms with Crippen LogP contribution in [0.25, 0.3) is 0 Å². The van der Waals surface area contributed by atoms with E-state index in [9.17, 15) is 4.79 Å². The molecule has 2 aliphatic carbocycles. The van der Waals surface area contributed by atoms with Crippen molar-refractivity contribution in [3.05, 3.63) is 0 Å². The monoisotopic (exact) mass is 211 g/mol. The molecule has 0 saturated heterocycles. The summed E-state index contributed by atoms with van der Waals surface area (Å²) in [6.45, 7) is 0. The first-order chi connectivity index (χ1) is 6.76. The normalized spacial score (nSPS) is 39.2. The van der Waals surface area contributed by atoms with Crippen LogP contribution in [0.15, 0.2) is 4.99 Å². The van der Waals surface area contributed by atoms with E-state index in [1.165, 1.54) is 7.11 Å². The lowest BCUT2D eigenvalue weighted by Gasteiger charge is -2.23.